The Morgan fingerprint density at radius 2 is 2.04 bits per heavy atom. The van der Waals surface area contributed by atoms with Crippen molar-refractivity contribution in [2.24, 2.45) is 5.92 Å². The van der Waals surface area contributed by atoms with Crippen molar-refractivity contribution in [2.75, 3.05) is 5.32 Å². The number of amides is 1. The van der Waals surface area contributed by atoms with Gasteiger partial charge in [-0.3, -0.25) is 9.36 Å². The second kappa shape index (κ2) is 6.97. The van der Waals surface area contributed by atoms with Gasteiger partial charge in [0, 0.05) is 17.4 Å². The second-order valence-electron chi connectivity index (χ2n) is 6.05. The Morgan fingerprint density at radius 3 is 2.75 bits per heavy atom. The average molecular weight is 340 g/mol. The Bertz CT molecular complexity index is 836. The van der Waals surface area contributed by atoms with Gasteiger partial charge in [-0.1, -0.05) is 44.2 Å². The van der Waals surface area contributed by atoms with Crippen LogP contribution >= 0.6 is 11.3 Å². The van der Waals surface area contributed by atoms with Crippen LogP contribution in [-0.2, 0) is 4.79 Å². The molecular weight excluding hydrogens is 320 g/mol. The standard InChI is InChI=1S/C18H20N4OS/c1-12(2)9-17(23)21-16-10-19-13(3)22(16)18-20-15(11-24-18)14-7-5-4-6-8-14/h4-8,10-12H,9H2,1-3H3,(H,21,23). The monoisotopic (exact) mass is 340 g/mol. The molecule has 0 radical (unpaired) electrons. The molecule has 2 aromatic heterocycles. The smallest absolute Gasteiger partial charge is 0.225 e. The number of aryl methyl sites for hydroxylation is 1. The molecule has 24 heavy (non-hydrogen) atoms. The van der Waals surface area contributed by atoms with E-state index < -0.39 is 0 Å². The van der Waals surface area contributed by atoms with Crippen molar-refractivity contribution >= 4 is 23.1 Å². The number of rotatable bonds is 5. The maximum atomic E-state index is 12.1. The van der Waals surface area contributed by atoms with Crippen LogP contribution in [0.15, 0.2) is 41.9 Å². The molecule has 1 amide bonds. The zero-order valence-corrected chi connectivity index (χ0v) is 14.8. The predicted octanol–water partition coefficient (Wildman–Crippen LogP) is 4.29. The van der Waals surface area contributed by atoms with Crippen LogP contribution in [0.1, 0.15) is 26.1 Å². The first-order chi connectivity index (χ1) is 11.5. The van der Waals surface area contributed by atoms with Gasteiger partial charge in [0.15, 0.2) is 5.13 Å². The van der Waals surface area contributed by atoms with Gasteiger partial charge in [-0.25, -0.2) is 9.97 Å². The molecular formula is C18H20N4OS. The summed E-state index contributed by atoms with van der Waals surface area (Å²) in [4.78, 5) is 21.1. The van der Waals surface area contributed by atoms with Crippen LogP contribution in [0.5, 0.6) is 0 Å². The van der Waals surface area contributed by atoms with E-state index >= 15 is 0 Å². The van der Waals surface area contributed by atoms with Crippen LogP contribution in [0.3, 0.4) is 0 Å². The maximum absolute atomic E-state index is 12.1. The number of carbonyl (C=O) groups excluding carboxylic acids is 1. The molecule has 0 atom stereocenters. The highest BCUT2D eigenvalue weighted by Gasteiger charge is 2.15. The van der Waals surface area contributed by atoms with Crippen molar-refractivity contribution in [1.29, 1.82) is 0 Å². The predicted molar refractivity (Wildman–Crippen MR) is 97.5 cm³/mol. The van der Waals surface area contributed by atoms with Crippen LogP contribution < -0.4 is 5.32 Å². The molecule has 0 saturated carbocycles. The lowest BCUT2D eigenvalue weighted by molar-refractivity contribution is -0.116. The van der Waals surface area contributed by atoms with Gasteiger partial charge < -0.3 is 5.32 Å². The molecule has 0 unspecified atom stereocenters. The summed E-state index contributed by atoms with van der Waals surface area (Å²) in [5, 5.41) is 5.75. The molecule has 2 heterocycles. The van der Waals surface area contributed by atoms with E-state index in [4.69, 9.17) is 4.98 Å². The number of benzene rings is 1. The van der Waals surface area contributed by atoms with E-state index in [9.17, 15) is 4.79 Å². The fourth-order valence-corrected chi connectivity index (χ4v) is 3.34. The summed E-state index contributed by atoms with van der Waals surface area (Å²) in [5.41, 5.74) is 1.99. The molecule has 1 N–H and O–H groups in total. The zero-order chi connectivity index (χ0) is 17.1. The molecule has 3 rings (SSSR count). The minimum Gasteiger partial charge on any atom is -0.310 e. The molecule has 6 heteroatoms. The molecule has 3 aromatic rings. The Morgan fingerprint density at radius 1 is 1.29 bits per heavy atom. The van der Waals surface area contributed by atoms with E-state index in [1.165, 1.54) is 11.3 Å². The van der Waals surface area contributed by atoms with Crippen LogP contribution in [0.4, 0.5) is 5.82 Å². The molecule has 124 valence electrons. The van der Waals surface area contributed by atoms with Crippen molar-refractivity contribution in [3.05, 3.63) is 47.7 Å². The molecule has 5 nitrogen and oxygen atoms in total. The number of carbonyl (C=O) groups is 1. The number of hydrogen-bond acceptors (Lipinski definition) is 4. The summed E-state index contributed by atoms with van der Waals surface area (Å²) < 4.78 is 1.88. The zero-order valence-electron chi connectivity index (χ0n) is 14.0. The van der Waals surface area contributed by atoms with Crippen LogP contribution in [0, 0.1) is 12.8 Å². The van der Waals surface area contributed by atoms with E-state index in [0.717, 1.165) is 22.2 Å². The Hall–Kier alpha value is -2.47. The van der Waals surface area contributed by atoms with Gasteiger partial charge in [-0.2, -0.15) is 0 Å². The highest BCUT2D eigenvalue weighted by atomic mass is 32.1. The molecule has 0 fully saturated rings. The summed E-state index contributed by atoms with van der Waals surface area (Å²) in [6.07, 6.45) is 2.16. The number of anilines is 1. The number of hydrogen-bond donors (Lipinski definition) is 1. The minimum atomic E-state index is -0.00834. The molecule has 0 aliphatic heterocycles. The first-order valence-electron chi connectivity index (χ1n) is 7.90. The molecule has 0 spiro atoms. The lowest BCUT2D eigenvalue weighted by atomic mass is 10.1. The molecule has 0 aliphatic carbocycles. The fourth-order valence-electron chi connectivity index (χ4n) is 2.45. The Labute approximate surface area is 145 Å². The van der Waals surface area contributed by atoms with Crippen LogP contribution in [0.2, 0.25) is 0 Å². The summed E-state index contributed by atoms with van der Waals surface area (Å²) in [5.74, 6) is 1.76. The van der Waals surface area contributed by atoms with E-state index in [0.29, 0.717) is 18.2 Å². The highest BCUT2D eigenvalue weighted by molar-refractivity contribution is 7.12. The lowest BCUT2D eigenvalue weighted by Gasteiger charge is -2.09. The number of imidazole rings is 1. The summed E-state index contributed by atoms with van der Waals surface area (Å²) >= 11 is 1.53. The summed E-state index contributed by atoms with van der Waals surface area (Å²) in [6.45, 7) is 5.95. The third-order valence-corrected chi connectivity index (χ3v) is 4.38. The van der Waals surface area contributed by atoms with Crippen LogP contribution in [-0.4, -0.2) is 20.4 Å². The molecule has 1 aromatic carbocycles. The van der Waals surface area contributed by atoms with Gasteiger partial charge in [0.2, 0.25) is 5.91 Å². The van der Waals surface area contributed by atoms with Gasteiger partial charge in [-0.15, -0.1) is 11.3 Å². The quantitative estimate of drug-likeness (QED) is 0.754. The van der Waals surface area contributed by atoms with Crippen molar-refractivity contribution in [3.8, 4) is 16.4 Å². The topological polar surface area (TPSA) is 59.8 Å². The normalized spacial score (nSPS) is 11.0. The third-order valence-electron chi connectivity index (χ3n) is 3.55. The second-order valence-corrected chi connectivity index (χ2v) is 6.89. The number of nitrogens with zero attached hydrogens (tertiary/aromatic N) is 3. The SMILES string of the molecule is Cc1ncc(NC(=O)CC(C)C)n1-c1nc(-c2ccccc2)cs1. The maximum Gasteiger partial charge on any atom is 0.225 e. The molecule has 0 bridgehead atoms. The molecule has 0 saturated heterocycles. The van der Waals surface area contributed by atoms with Gasteiger partial charge >= 0.3 is 0 Å². The highest BCUT2D eigenvalue weighted by Crippen LogP contribution is 2.27. The lowest BCUT2D eigenvalue weighted by Crippen LogP contribution is -2.16. The van der Waals surface area contributed by atoms with E-state index in [-0.39, 0.29) is 5.91 Å². The first-order valence-corrected chi connectivity index (χ1v) is 8.78. The van der Waals surface area contributed by atoms with Crippen LogP contribution in [0.25, 0.3) is 16.4 Å². The van der Waals surface area contributed by atoms with Gasteiger partial charge in [-0.05, 0) is 12.8 Å². The number of nitrogens with one attached hydrogen (secondary N) is 1. The van der Waals surface area contributed by atoms with E-state index in [1.54, 1.807) is 6.20 Å². The van der Waals surface area contributed by atoms with Gasteiger partial charge in [0.25, 0.3) is 0 Å². The Balaban J connectivity index is 1.89. The summed E-state index contributed by atoms with van der Waals surface area (Å²) in [7, 11) is 0. The first kappa shape index (κ1) is 16.4. The number of aromatic nitrogens is 3. The number of thiazole rings is 1. The van der Waals surface area contributed by atoms with Gasteiger partial charge in [0.05, 0.1) is 11.9 Å². The third kappa shape index (κ3) is 3.54. The van der Waals surface area contributed by atoms with Crippen molar-refractivity contribution in [2.45, 2.75) is 27.2 Å². The van der Waals surface area contributed by atoms with Crippen molar-refractivity contribution in [3.63, 3.8) is 0 Å². The summed E-state index contributed by atoms with van der Waals surface area (Å²) in [6, 6.07) is 10.0. The van der Waals surface area contributed by atoms with Crippen molar-refractivity contribution < 1.29 is 4.79 Å². The van der Waals surface area contributed by atoms with E-state index in [1.807, 2.05) is 61.1 Å². The largest absolute Gasteiger partial charge is 0.310 e. The fraction of sp³-hybridized carbons (Fsp3) is 0.278. The molecule has 0 aliphatic rings. The Kier molecular flexibility index (Phi) is 4.76. The van der Waals surface area contributed by atoms with Crippen molar-refractivity contribution in [1.82, 2.24) is 14.5 Å². The van der Waals surface area contributed by atoms with Gasteiger partial charge in [0.1, 0.15) is 11.6 Å². The van der Waals surface area contributed by atoms with E-state index in [2.05, 4.69) is 10.3 Å². The average Bonchev–Trinajstić information content (AvgIpc) is 3.14. The minimum absolute atomic E-state index is 0.00834.